The van der Waals surface area contributed by atoms with Crippen LogP contribution in [0.5, 0.6) is 11.5 Å². The van der Waals surface area contributed by atoms with E-state index in [1.165, 1.54) is 12.5 Å². The van der Waals surface area contributed by atoms with Crippen molar-refractivity contribution in [3.63, 3.8) is 0 Å². The number of unbranched alkanes of at least 4 members (excludes halogenated alkanes) is 1. The second kappa shape index (κ2) is 10.3. The number of esters is 1. The number of aryl methyl sites for hydroxylation is 1. The predicted octanol–water partition coefficient (Wildman–Crippen LogP) is 5.09. The van der Waals surface area contributed by atoms with Gasteiger partial charge in [0.15, 0.2) is 11.5 Å². The van der Waals surface area contributed by atoms with Crippen molar-refractivity contribution >= 4 is 17.4 Å². The van der Waals surface area contributed by atoms with Gasteiger partial charge in [-0.25, -0.2) is 4.79 Å². The number of carbonyl (C=O) groups is 2. The van der Waals surface area contributed by atoms with Gasteiger partial charge < -0.3 is 15.2 Å². The van der Waals surface area contributed by atoms with Crippen molar-refractivity contribution in [1.29, 1.82) is 0 Å². The summed E-state index contributed by atoms with van der Waals surface area (Å²) < 4.78 is 11.1. The summed E-state index contributed by atoms with van der Waals surface area (Å²) in [5.41, 5.74) is 8.07. The molecule has 3 aromatic carbocycles. The maximum atomic E-state index is 12.5. The molecule has 2 N–H and O–H groups in total. The Morgan fingerprint density at radius 3 is 2.30 bits per heavy atom. The van der Waals surface area contributed by atoms with Gasteiger partial charge in [0, 0.05) is 0 Å². The van der Waals surface area contributed by atoms with Gasteiger partial charge in [-0.15, -0.1) is 0 Å². The Morgan fingerprint density at radius 2 is 1.60 bits per heavy atom. The van der Waals surface area contributed by atoms with Crippen molar-refractivity contribution < 1.29 is 19.1 Å². The molecule has 0 atom stereocenters. The molecular formula is C25H25NO4. The van der Waals surface area contributed by atoms with E-state index in [1.807, 2.05) is 18.2 Å². The van der Waals surface area contributed by atoms with E-state index in [0.717, 1.165) is 19.3 Å². The molecule has 0 bridgehead atoms. The van der Waals surface area contributed by atoms with Gasteiger partial charge in [0.25, 0.3) is 0 Å². The van der Waals surface area contributed by atoms with Crippen molar-refractivity contribution in [2.24, 2.45) is 0 Å². The summed E-state index contributed by atoms with van der Waals surface area (Å²) >= 11 is 0. The molecule has 0 unspecified atom stereocenters. The molecule has 0 heterocycles. The minimum atomic E-state index is -0.579. The third-order valence-electron chi connectivity index (χ3n) is 4.68. The number of hydrogen-bond donors (Lipinski definition) is 1. The molecular weight excluding hydrogens is 378 g/mol. The van der Waals surface area contributed by atoms with Gasteiger partial charge in [-0.05, 0) is 68.1 Å². The van der Waals surface area contributed by atoms with E-state index in [1.54, 1.807) is 42.5 Å². The van der Waals surface area contributed by atoms with Crippen molar-refractivity contribution in [2.45, 2.75) is 26.2 Å². The second-order valence-electron chi connectivity index (χ2n) is 6.99. The number of Topliss-reactive ketones (excluding diaryl/α,β-unsaturated/α-hetero) is 1. The van der Waals surface area contributed by atoms with Crippen LogP contribution in [0.3, 0.4) is 0 Å². The van der Waals surface area contributed by atoms with E-state index in [9.17, 15) is 9.59 Å². The molecule has 154 valence electrons. The van der Waals surface area contributed by atoms with Crippen LogP contribution in [0.15, 0.2) is 72.8 Å². The number of ether oxygens (including phenoxy) is 2. The Bertz CT molecular complexity index is 997. The number of anilines is 1. The fourth-order valence-corrected chi connectivity index (χ4v) is 3.05. The number of ketones is 1. The van der Waals surface area contributed by atoms with E-state index in [0.29, 0.717) is 17.9 Å². The monoisotopic (exact) mass is 403 g/mol. The van der Waals surface area contributed by atoms with E-state index < -0.39 is 5.97 Å². The van der Waals surface area contributed by atoms with E-state index in [2.05, 4.69) is 12.1 Å². The third-order valence-corrected chi connectivity index (χ3v) is 4.68. The van der Waals surface area contributed by atoms with Gasteiger partial charge in [-0.2, -0.15) is 0 Å². The van der Waals surface area contributed by atoms with Crippen molar-refractivity contribution in [1.82, 2.24) is 0 Å². The molecule has 0 aromatic heterocycles. The molecule has 0 aliphatic carbocycles. The molecule has 0 aliphatic rings. The number of rotatable bonds is 9. The number of benzene rings is 3. The zero-order chi connectivity index (χ0) is 21.3. The summed E-state index contributed by atoms with van der Waals surface area (Å²) in [5, 5.41) is 0. The first-order chi connectivity index (χ1) is 14.5. The fourth-order valence-electron chi connectivity index (χ4n) is 3.05. The molecule has 0 saturated heterocycles. The smallest absolute Gasteiger partial charge is 0.343 e. The quantitative estimate of drug-likeness (QED) is 0.177. The van der Waals surface area contributed by atoms with Crippen LogP contribution in [0.2, 0.25) is 0 Å². The van der Waals surface area contributed by atoms with Crippen LogP contribution in [0, 0.1) is 0 Å². The van der Waals surface area contributed by atoms with Gasteiger partial charge in [0.2, 0.25) is 0 Å². The van der Waals surface area contributed by atoms with Gasteiger partial charge in [-0.1, -0.05) is 36.4 Å². The topological polar surface area (TPSA) is 78.6 Å². The predicted molar refractivity (Wildman–Crippen MR) is 117 cm³/mol. The van der Waals surface area contributed by atoms with Crippen LogP contribution in [0.1, 0.15) is 46.0 Å². The van der Waals surface area contributed by atoms with Crippen LogP contribution in [-0.4, -0.2) is 18.4 Å². The van der Waals surface area contributed by atoms with Crippen LogP contribution in [-0.2, 0) is 6.42 Å². The maximum absolute atomic E-state index is 12.5. The lowest BCUT2D eigenvalue weighted by atomic mass is 10.1. The molecule has 5 nitrogen and oxygen atoms in total. The van der Waals surface area contributed by atoms with Crippen molar-refractivity contribution in [2.75, 3.05) is 12.3 Å². The Hall–Kier alpha value is -3.60. The minimum Gasteiger partial charge on any atom is -0.494 e. The van der Waals surface area contributed by atoms with Crippen molar-refractivity contribution in [3.05, 3.63) is 89.5 Å². The highest BCUT2D eigenvalue weighted by Crippen LogP contribution is 2.28. The zero-order valence-electron chi connectivity index (χ0n) is 17.0. The first kappa shape index (κ1) is 21.1. The number of hydrogen-bond acceptors (Lipinski definition) is 5. The Balaban J connectivity index is 1.50. The number of carbonyl (C=O) groups excluding carboxylic acids is 2. The molecule has 3 rings (SSSR count). The van der Waals surface area contributed by atoms with Crippen LogP contribution in [0.25, 0.3) is 0 Å². The lowest BCUT2D eigenvalue weighted by Crippen LogP contribution is -2.12. The highest BCUT2D eigenvalue weighted by molar-refractivity contribution is 6.00. The summed E-state index contributed by atoms with van der Waals surface area (Å²) in [6, 6.07) is 21.9. The molecule has 3 aromatic rings. The first-order valence-electron chi connectivity index (χ1n) is 9.93. The average molecular weight is 403 g/mol. The summed E-state index contributed by atoms with van der Waals surface area (Å²) in [6.45, 7) is 2.01. The summed E-state index contributed by atoms with van der Waals surface area (Å²) in [5.74, 6) is -0.0189. The standard InChI is InChI=1S/C25H25NO4/c1-18(27)22-11-7-12-23(26)24(22)30-25(28)20-13-15-21(16-14-20)29-17-6-5-10-19-8-3-2-4-9-19/h2-4,7-9,11-16H,5-6,10,17,26H2,1H3. The number of para-hydroxylation sites is 1. The Kier molecular flexibility index (Phi) is 7.22. The average Bonchev–Trinajstić information content (AvgIpc) is 2.76. The molecule has 0 aliphatic heterocycles. The molecule has 30 heavy (non-hydrogen) atoms. The second-order valence-corrected chi connectivity index (χ2v) is 6.99. The van der Waals surface area contributed by atoms with Gasteiger partial charge >= 0.3 is 5.97 Å². The van der Waals surface area contributed by atoms with E-state index >= 15 is 0 Å². The minimum absolute atomic E-state index is 0.0914. The summed E-state index contributed by atoms with van der Waals surface area (Å²) in [6.07, 6.45) is 3.02. The molecule has 0 spiro atoms. The largest absolute Gasteiger partial charge is 0.494 e. The van der Waals surface area contributed by atoms with E-state index in [-0.39, 0.29) is 22.8 Å². The molecule has 0 amide bonds. The fraction of sp³-hybridized carbons (Fsp3) is 0.200. The lowest BCUT2D eigenvalue weighted by Gasteiger charge is -2.11. The Labute approximate surface area is 176 Å². The van der Waals surface area contributed by atoms with Gasteiger partial charge in [-0.3, -0.25) is 4.79 Å². The van der Waals surface area contributed by atoms with E-state index in [4.69, 9.17) is 15.2 Å². The molecule has 5 heteroatoms. The number of nitrogens with two attached hydrogens (primary N) is 1. The molecule has 0 radical (unpaired) electrons. The van der Waals surface area contributed by atoms with Crippen LogP contribution < -0.4 is 15.2 Å². The normalized spacial score (nSPS) is 10.4. The van der Waals surface area contributed by atoms with Crippen LogP contribution >= 0.6 is 0 Å². The maximum Gasteiger partial charge on any atom is 0.343 e. The van der Waals surface area contributed by atoms with Crippen LogP contribution in [0.4, 0.5) is 5.69 Å². The molecule has 0 fully saturated rings. The highest BCUT2D eigenvalue weighted by Gasteiger charge is 2.16. The summed E-state index contributed by atoms with van der Waals surface area (Å²) in [7, 11) is 0. The van der Waals surface area contributed by atoms with Gasteiger partial charge in [0.1, 0.15) is 5.75 Å². The van der Waals surface area contributed by atoms with Crippen molar-refractivity contribution in [3.8, 4) is 11.5 Å². The highest BCUT2D eigenvalue weighted by atomic mass is 16.5. The molecule has 0 saturated carbocycles. The Morgan fingerprint density at radius 1 is 0.867 bits per heavy atom. The lowest BCUT2D eigenvalue weighted by molar-refractivity contribution is 0.0734. The number of nitrogen functional groups attached to an aromatic ring is 1. The third kappa shape index (κ3) is 5.70. The first-order valence-corrected chi connectivity index (χ1v) is 9.93. The summed E-state index contributed by atoms with van der Waals surface area (Å²) in [4.78, 5) is 24.2. The SMILES string of the molecule is CC(=O)c1cccc(N)c1OC(=O)c1ccc(OCCCCc2ccccc2)cc1. The van der Waals surface area contributed by atoms with Gasteiger partial charge in [0.05, 0.1) is 23.4 Å². The zero-order valence-corrected chi connectivity index (χ0v) is 17.0.